The minimum atomic E-state index is -1.09. The Labute approximate surface area is 143 Å². The highest BCUT2D eigenvalue weighted by molar-refractivity contribution is 7.20. The van der Waals surface area contributed by atoms with E-state index < -0.39 is 17.9 Å². The molecule has 1 atom stereocenters. The Morgan fingerprint density at radius 2 is 2.00 bits per heavy atom. The molecule has 0 bridgehead atoms. The van der Waals surface area contributed by atoms with E-state index in [1.807, 2.05) is 26.8 Å². The lowest BCUT2D eigenvalue weighted by Crippen LogP contribution is -2.39. The van der Waals surface area contributed by atoms with E-state index in [0.717, 1.165) is 10.1 Å². The van der Waals surface area contributed by atoms with Gasteiger partial charge in [-0.2, -0.15) is 0 Å². The normalized spacial score (nSPS) is 13.4. The van der Waals surface area contributed by atoms with Gasteiger partial charge in [0.25, 0.3) is 5.91 Å². The molecule has 1 aromatic heterocycles. The Morgan fingerprint density at radius 1 is 1.30 bits per heavy atom. The molecule has 2 N–H and O–H groups in total. The molecule has 2 aromatic rings. The van der Waals surface area contributed by atoms with Crippen molar-refractivity contribution in [1.82, 2.24) is 5.32 Å². The van der Waals surface area contributed by atoms with E-state index in [4.69, 9.17) is 11.6 Å². The molecule has 0 aliphatic rings. The van der Waals surface area contributed by atoms with Crippen molar-refractivity contribution in [2.45, 2.75) is 26.8 Å². The second-order valence-electron chi connectivity index (χ2n) is 6.31. The zero-order valence-electron chi connectivity index (χ0n) is 13.1. The van der Waals surface area contributed by atoms with Crippen molar-refractivity contribution in [2.75, 3.05) is 0 Å². The first kappa shape index (κ1) is 17.5. The number of allylic oxidation sites excluding steroid dienone is 1. The van der Waals surface area contributed by atoms with Crippen LogP contribution in [0.25, 0.3) is 10.1 Å². The lowest BCUT2D eigenvalue weighted by molar-refractivity contribution is -0.137. The maximum Gasteiger partial charge on any atom is 0.330 e. The molecule has 1 unspecified atom stereocenters. The summed E-state index contributed by atoms with van der Waals surface area (Å²) in [5, 5.41) is 13.3. The van der Waals surface area contributed by atoms with Crippen LogP contribution in [0, 0.1) is 5.41 Å². The second kappa shape index (κ2) is 6.72. The number of fused-ring (bicyclic) bond motifs is 1. The van der Waals surface area contributed by atoms with Gasteiger partial charge in [-0.05, 0) is 35.1 Å². The molecule has 6 heteroatoms. The first-order valence-electron chi connectivity index (χ1n) is 7.08. The first-order valence-corrected chi connectivity index (χ1v) is 8.27. The van der Waals surface area contributed by atoms with Crippen LogP contribution in [0.4, 0.5) is 0 Å². The van der Waals surface area contributed by atoms with E-state index in [-0.39, 0.29) is 5.41 Å². The van der Waals surface area contributed by atoms with Gasteiger partial charge in [-0.3, -0.25) is 4.79 Å². The van der Waals surface area contributed by atoms with Crippen LogP contribution in [0.15, 0.2) is 36.4 Å². The standard InChI is InChI=1S/C17H18ClNO3S/c1-17(2,3)7-6-12(16(21)22)19-15(20)14-9-10-8-11(18)4-5-13(10)23-14/h4-9,12H,1-3H3,(H,19,20)(H,21,22)/b7-6+. The van der Waals surface area contributed by atoms with E-state index in [1.54, 1.807) is 24.3 Å². The molecule has 1 aromatic carbocycles. The fourth-order valence-corrected chi connectivity index (χ4v) is 3.04. The molecular formula is C17H18ClNO3S. The summed E-state index contributed by atoms with van der Waals surface area (Å²) in [5.41, 5.74) is -0.160. The SMILES string of the molecule is CC(C)(C)/C=C/C(NC(=O)c1cc2cc(Cl)ccc2s1)C(=O)O. The van der Waals surface area contributed by atoms with Gasteiger partial charge in [-0.15, -0.1) is 11.3 Å². The fraction of sp³-hybridized carbons (Fsp3) is 0.294. The summed E-state index contributed by atoms with van der Waals surface area (Å²) < 4.78 is 0.927. The van der Waals surface area contributed by atoms with Gasteiger partial charge in [-0.25, -0.2) is 4.79 Å². The number of carboxylic acids is 1. The number of rotatable bonds is 4. The molecule has 0 spiro atoms. The van der Waals surface area contributed by atoms with Gasteiger partial charge in [0.1, 0.15) is 6.04 Å². The average molecular weight is 352 g/mol. The van der Waals surface area contributed by atoms with Gasteiger partial charge >= 0.3 is 5.97 Å². The fourth-order valence-electron chi connectivity index (χ4n) is 1.92. The van der Waals surface area contributed by atoms with Gasteiger partial charge in [0.2, 0.25) is 0 Å². The third-order valence-corrected chi connectivity index (χ3v) is 4.39. The highest BCUT2D eigenvalue weighted by Crippen LogP contribution is 2.28. The molecule has 0 saturated heterocycles. The number of benzene rings is 1. The maximum atomic E-state index is 12.3. The van der Waals surface area contributed by atoms with Gasteiger partial charge in [-0.1, -0.05) is 44.5 Å². The van der Waals surface area contributed by atoms with Gasteiger partial charge in [0.05, 0.1) is 4.88 Å². The van der Waals surface area contributed by atoms with E-state index in [2.05, 4.69) is 5.32 Å². The number of hydrogen-bond acceptors (Lipinski definition) is 3. The zero-order valence-corrected chi connectivity index (χ0v) is 14.7. The third kappa shape index (κ3) is 4.81. The number of thiophene rings is 1. The molecule has 0 fully saturated rings. The van der Waals surface area contributed by atoms with Crippen LogP contribution in [0.1, 0.15) is 30.4 Å². The summed E-state index contributed by atoms with van der Waals surface area (Å²) in [6, 6.07) is 6.03. The van der Waals surface area contributed by atoms with Crippen molar-refractivity contribution in [3.05, 3.63) is 46.3 Å². The number of carbonyl (C=O) groups excluding carboxylic acids is 1. The van der Waals surface area contributed by atoms with E-state index in [1.165, 1.54) is 17.4 Å². The zero-order chi connectivity index (χ0) is 17.2. The second-order valence-corrected chi connectivity index (χ2v) is 7.83. The monoisotopic (exact) mass is 351 g/mol. The lowest BCUT2D eigenvalue weighted by atomic mass is 9.95. The summed E-state index contributed by atoms with van der Waals surface area (Å²) in [6.07, 6.45) is 3.28. The Morgan fingerprint density at radius 3 is 2.61 bits per heavy atom. The van der Waals surface area contributed by atoms with E-state index >= 15 is 0 Å². The molecule has 2 rings (SSSR count). The van der Waals surface area contributed by atoms with Gasteiger partial charge < -0.3 is 10.4 Å². The van der Waals surface area contributed by atoms with Crippen molar-refractivity contribution < 1.29 is 14.7 Å². The highest BCUT2D eigenvalue weighted by atomic mass is 35.5. The molecule has 1 heterocycles. The Kier molecular flexibility index (Phi) is 5.12. The predicted molar refractivity (Wildman–Crippen MR) is 94.3 cm³/mol. The van der Waals surface area contributed by atoms with Crippen LogP contribution < -0.4 is 5.32 Å². The number of nitrogens with one attached hydrogen (secondary N) is 1. The van der Waals surface area contributed by atoms with E-state index in [0.29, 0.717) is 9.90 Å². The van der Waals surface area contributed by atoms with Crippen LogP contribution >= 0.6 is 22.9 Å². The van der Waals surface area contributed by atoms with Crippen LogP contribution in [0.3, 0.4) is 0 Å². The quantitative estimate of drug-likeness (QED) is 0.805. The summed E-state index contributed by atoms with van der Waals surface area (Å²) in [6.45, 7) is 5.87. The van der Waals surface area contributed by atoms with Crippen molar-refractivity contribution in [1.29, 1.82) is 0 Å². The Hall–Kier alpha value is -1.85. The topological polar surface area (TPSA) is 66.4 Å². The number of halogens is 1. The number of carbonyl (C=O) groups is 2. The highest BCUT2D eigenvalue weighted by Gasteiger charge is 2.20. The number of amides is 1. The molecule has 0 radical (unpaired) electrons. The minimum Gasteiger partial charge on any atom is -0.479 e. The summed E-state index contributed by atoms with van der Waals surface area (Å²) in [5.74, 6) is -1.50. The van der Waals surface area contributed by atoms with Crippen LogP contribution in [-0.2, 0) is 4.79 Å². The average Bonchev–Trinajstić information content (AvgIpc) is 2.84. The molecule has 0 saturated carbocycles. The molecular weight excluding hydrogens is 334 g/mol. The molecule has 122 valence electrons. The number of hydrogen-bond donors (Lipinski definition) is 2. The van der Waals surface area contributed by atoms with Gasteiger partial charge in [0, 0.05) is 9.72 Å². The summed E-state index contributed by atoms with van der Waals surface area (Å²) >= 11 is 7.24. The number of aliphatic carboxylic acids is 1. The smallest absolute Gasteiger partial charge is 0.330 e. The lowest BCUT2D eigenvalue weighted by Gasteiger charge is -2.14. The largest absolute Gasteiger partial charge is 0.479 e. The molecule has 23 heavy (non-hydrogen) atoms. The minimum absolute atomic E-state index is 0.160. The molecule has 1 amide bonds. The van der Waals surface area contributed by atoms with Gasteiger partial charge in [0.15, 0.2) is 0 Å². The summed E-state index contributed by atoms with van der Waals surface area (Å²) in [7, 11) is 0. The first-order chi connectivity index (χ1) is 10.7. The molecule has 4 nitrogen and oxygen atoms in total. The van der Waals surface area contributed by atoms with Crippen LogP contribution in [0.5, 0.6) is 0 Å². The van der Waals surface area contributed by atoms with Crippen molar-refractivity contribution in [2.24, 2.45) is 5.41 Å². The van der Waals surface area contributed by atoms with Crippen molar-refractivity contribution in [3.63, 3.8) is 0 Å². The third-order valence-electron chi connectivity index (χ3n) is 3.04. The van der Waals surface area contributed by atoms with Crippen LogP contribution in [0.2, 0.25) is 5.02 Å². The van der Waals surface area contributed by atoms with Crippen molar-refractivity contribution in [3.8, 4) is 0 Å². The van der Waals surface area contributed by atoms with Crippen LogP contribution in [-0.4, -0.2) is 23.0 Å². The van der Waals surface area contributed by atoms with E-state index in [9.17, 15) is 14.7 Å². The molecule has 0 aliphatic heterocycles. The van der Waals surface area contributed by atoms with Crippen molar-refractivity contribution >= 4 is 44.9 Å². The summed E-state index contributed by atoms with van der Waals surface area (Å²) in [4.78, 5) is 24.1. The molecule has 0 aliphatic carbocycles. The Balaban J connectivity index is 2.20. The maximum absolute atomic E-state index is 12.3. The Bertz CT molecular complexity index is 774. The number of carboxylic acid groups (broad SMARTS) is 1. The predicted octanol–water partition coefficient (Wildman–Crippen LogP) is 4.34.